The summed E-state index contributed by atoms with van der Waals surface area (Å²) >= 11 is 2.20. The zero-order valence-corrected chi connectivity index (χ0v) is 14.5. The van der Waals surface area contributed by atoms with E-state index in [1.54, 1.807) is 6.08 Å². The first-order chi connectivity index (χ1) is 10.0. The van der Waals surface area contributed by atoms with Crippen LogP contribution >= 0.6 is 22.6 Å². The number of anilines is 1. The monoisotopic (exact) mass is 395 g/mol. The minimum absolute atomic E-state index is 0.137. The number of carbonyl (C=O) groups is 1. The van der Waals surface area contributed by atoms with E-state index in [9.17, 15) is 4.79 Å². The highest BCUT2D eigenvalue weighted by Gasteiger charge is 2.08. The topological polar surface area (TPSA) is 46.9 Å². The zero-order chi connectivity index (χ0) is 15.4. The lowest BCUT2D eigenvalue weighted by molar-refractivity contribution is -0.111. The molecule has 0 aliphatic carbocycles. The molecule has 0 aliphatic rings. The summed E-state index contributed by atoms with van der Waals surface area (Å²) in [5.74, 6) is -0.137. The summed E-state index contributed by atoms with van der Waals surface area (Å²) < 4.78 is 2.95. The molecule has 2 rings (SSSR count). The molecule has 0 atom stereocenters. The van der Waals surface area contributed by atoms with Crippen LogP contribution in [0, 0.1) is 17.4 Å². The first-order valence-corrected chi connectivity index (χ1v) is 7.88. The van der Waals surface area contributed by atoms with Gasteiger partial charge in [0.1, 0.15) is 0 Å². The Balaban J connectivity index is 2.13. The number of aryl methyl sites for hydroxylation is 2. The number of nitrogens with one attached hydrogen (secondary N) is 1. The second-order valence-electron chi connectivity index (χ2n) is 4.70. The molecule has 110 valence electrons. The van der Waals surface area contributed by atoms with Crippen LogP contribution in [0.1, 0.15) is 23.9 Å². The normalized spacial score (nSPS) is 11.0. The molecule has 0 spiro atoms. The van der Waals surface area contributed by atoms with Gasteiger partial charge in [-0.3, -0.25) is 9.48 Å². The van der Waals surface area contributed by atoms with Gasteiger partial charge < -0.3 is 5.32 Å². The Bertz CT molecular complexity index is 689. The molecule has 0 saturated heterocycles. The van der Waals surface area contributed by atoms with Gasteiger partial charge in [0, 0.05) is 27.4 Å². The van der Waals surface area contributed by atoms with Crippen molar-refractivity contribution in [3.05, 3.63) is 50.9 Å². The van der Waals surface area contributed by atoms with Gasteiger partial charge >= 0.3 is 0 Å². The third kappa shape index (κ3) is 3.72. The van der Waals surface area contributed by atoms with E-state index < -0.39 is 0 Å². The van der Waals surface area contributed by atoms with E-state index in [-0.39, 0.29) is 5.91 Å². The van der Waals surface area contributed by atoms with Gasteiger partial charge in [-0.15, -0.1) is 0 Å². The van der Waals surface area contributed by atoms with Crippen LogP contribution in [-0.2, 0) is 11.3 Å². The summed E-state index contributed by atoms with van der Waals surface area (Å²) in [4.78, 5) is 12.0. The Morgan fingerprint density at radius 2 is 2.10 bits per heavy atom. The predicted octanol–water partition coefficient (Wildman–Crippen LogP) is 3.78. The first kappa shape index (κ1) is 15.8. The minimum atomic E-state index is -0.137. The number of nitrogens with zero attached hydrogens (tertiary/aromatic N) is 2. The quantitative estimate of drug-likeness (QED) is 0.633. The Hall–Kier alpha value is -1.63. The lowest BCUT2D eigenvalue weighted by Crippen LogP contribution is -2.08. The number of benzene rings is 1. The summed E-state index contributed by atoms with van der Waals surface area (Å²) in [5.41, 5.74) is 3.85. The highest BCUT2D eigenvalue weighted by molar-refractivity contribution is 14.1. The van der Waals surface area contributed by atoms with Crippen molar-refractivity contribution in [3.63, 3.8) is 0 Å². The minimum Gasteiger partial charge on any atom is -0.322 e. The van der Waals surface area contributed by atoms with Gasteiger partial charge in [0.2, 0.25) is 5.91 Å². The summed E-state index contributed by atoms with van der Waals surface area (Å²) in [6, 6.07) is 7.69. The van der Waals surface area contributed by atoms with Crippen molar-refractivity contribution < 1.29 is 4.79 Å². The van der Waals surface area contributed by atoms with E-state index in [0.717, 1.165) is 32.8 Å². The van der Waals surface area contributed by atoms with Crippen LogP contribution in [0.5, 0.6) is 0 Å². The standard InChI is InChI=1S/C16H18IN3O/c1-4-20-12(3)13(11(2)19-20)9-10-16(21)18-15-8-6-5-7-14(15)17/h5-10H,4H2,1-3H3,(H,18,21)/b10-9-. The predicted molar refractivity (Wildman–Crippen MR) is 94.2 cm³/mol. The van der Waals surface area contributed by atoms with E-state index in [1.807, 2.05) is 48.9 Å². The van der Waals surface area contributed by atoms with Crippen LogP contribution in [0.4, 0.5) is 5.69 Å². The number of para-hydroxylation sites is 1. The second kappa shape index (κ2) is 6.89. The van der Waals surface area contributed by atoms with E-state index in [4.69, 9.17) is 0 Å². The van der Waals surface area contributed by atoms with Crippen molar-refractivity contribution in [1.82, 2.24) is 9.78 Å². The lowest BCUT2D eigenvalue weighted by atomic mass is 10.2. The van der Waals surface area contributed by atoms with Crippen LogP contribution in [0.3, 0.4) is 0 Å². The van der Waals surface area contributed by atoms with Crippen LogP contribution in [0.15, 0.2) is 30.3 Å². The van der Waals surface area contributed by atoms with Gasteiger partial charge in [-0.1, -0.05) is 12.1 Å². The Labute approximate surface area is 138 Å². The molecular weight excluding hydrogens is 377 g/mol. The number of hydrogen-bond acceptors (Lipinski definition) is 2. The molecule has 0 aliphatic heterocycles. The van der Waals surface area contributed by atoms with Gasteiger partial charge in [-0.25, -0.2) is 0 Å². The summed E-state index contributed by atoms with van der Waals surface area (Å²) in [6.07, 6.45) is 3.38. The highest BCUT2D eigenvalue weighted by Crippen LogP contribution is 2.18. The highest BCUT2D eigenvalue weighted by atomic mass is 127. The van der Waals surface area contributed by atoms with Gasteiger partial charge in [0.15, 0.2) is 0 Å². The zero-order valence-electron chi connectivity index (χ0n) is 12.4. The molecule has 2 aromatic rings. The molecule has 0 fully saturated rings. The van der Waals surface area contributed by atoms with Crippen LogP contribution in [0.25, 0.3) is 6.08 Å². The lowest BCUT2D eigenvalue weighted by Gasteiger charge is -2.04. The summed E-state index contributed by atoms with van der Waals surface area (Å²) in [7, 11) is 0. The van der Waals surface area contributed by atoms with E-state index in [0.29, 0.717) is 0 Å². The maximum Gasteiger partial charge on any atom is 0.248 e. The van der Waals surface area contributed by atoms with Gasteiger partial charge in [0.05, 0.1) is 11.4 Å². The van der Waals surface area contributed by atoms with E-state index in [2.05, 4.69) is 39.9 Å². The molecule has 5 heteroatoms. The van der Waals surface area contributed by atoms with Crippen LogP contribution in [-0.4, -0.2) is 15.7 Å². The van der Waals surface area contributed by atoms with E-state index in [1.165, 1.54) is 0 Å². The van der Waals surface area contributed by atoms with E-state index >= 15 is 0 Å². The molecule has 4 nitrogen and oxygen atoms in total. The fourth-order valence-corrected chi connectivity index (χ4v) is 2.68. The van der Waals surface area contributed by atoms with Gasteiger partial charge in [-0.2, -0.15) is 5.10 Å². The summed E-state index contributed by atoms with van der Waals surface area (Å²) in [6.45, 7) is 6.85. The molecule has 0 saturated carbocycles. The van der Waals surface area contributed by atoms with Crippen molar-refractivity contribution in [3.8, 4) is 0 Å². The maximum atomic E-state index is 12.0. The third-order valence-electron chi connectivity index (χ3n) is 3.27. The van der Waals surface area contributed by atoms with Gasteiger partial charge in [0.25, 0.3) is 0 Å². The molecule has 0 bridgehead atoms. The molecule has 21 heavy (non-hydrogen) atoms. The molecule has 1 aromatic heterocycles. The van der Waals surface area contributed by atoms with Crippen molar-refractivity contribution in [2.45, 2.75) is 27.3 Å². The number of halogens is 1. The van der Waals surface area contributed by atoms with Crippen molar-refractivity contribution >= 4 is 40.3 Å². The van der Waals surface area contributed by atoms with Crippen molar-refractivity contribution in [2.24, 2.45) is 0 Å². The van der Waals surface area contributed by atoms with Gasteiger partial charge in [-0.05, 0) is 61.6 Å². The number of aromatic nitrogens is 2. The van der Waals surface area contributed by atoms with Crippen molar-refractivity contribution in [1.29, 1.82) is 0 Å². The smallest absolute Gasteiger partial charge is 0.248 e. The molecule has 1 heterocycles. The third-order valence-corrected chi connectivity index (χ3v) is 4.21. The fourth-order valence-electron chi connectivity index (χ4n) is 2.16. The Kier molecular flexibility index (Phi) is 5.17. The Morgan fingerprint density at radius 3 is 2.71 bits per heavy atom. The number of hydrogen-bond donors (Lipinski definition) is 1. The maximum absolute atomic E-state index is 12.0. The number of rotatable bonds is 4. The summed E-state index contributed by atoms with van der Waals surface area (Å²) in [5, 5.41) is 7.32. The Morgan fingerprint density at radius 1 is 1.38 bits per heavy atom. The average molecular weight is 395 g/mol. The van der Waals surface area contributed by atoms with Crippen LogP contribution < -0.4 is 5.32 Å². The first-order valence-electron chi connectivity index (χ1n) is 6.80. The van der Waals surface area contributed by atoms with Crippen LogP contribution in [0.2, 0.25) is 0 Å². The number of amides is 1. The molecular formula is C16H18IN3O. The molecule has 1 N–H and O–H groups in total. The fraction of sp³-hybridized carbons (Fsp3) is 0.250. The SMILES string of the molecule is CCn1nc(C)c(/C=C\C(=O)Nc2ccccc2I)c1C. The molecule has 1 amide bonds. The largest absolute Gasteiger partial charge is 0.322 e. The van der Waals surface area contributed by atoms with Crippen molar-refractivity contribution in [2.75, 3.05) is 5.32 Å². The number of carbonyl (C=O) groups excluding carboxylic acids is 1. The molecule has 1 aromatic carbocycles. The average Bonchev–Trinajstić information content (AvgIpc) is 2.74. The molecule has 0 unspecified atom stereocenters. The molecule has 0 radical (unpaired) electrons. The second-order valence-corrected chi connectivity index (χ2v) is 5.86.